The maximum Gasteiger partial charge on any atom is 0.255 e. The lowest BCUT2D eigenvalue weighted by atomic mass is 10.1. The summed E-state index contributed by atoms with van der Waals surface area (Å²) in [6, 6.07) is 1.66. The van der Waals surface area contributed by atoms with Gasteiger partial charge in [-0.1, -0.05) is 0 Å². The summed E-state index contributed by atoms with van der Waals surface area (Å²) in [5.74, 6) is 0.993. The molecule has 1 heterocycles. The van der Waals surface area contributed by atoms with Crippen LogP contribution in [0.2, 0.25) is 0 Å². The van der Waals surface area contributed by atoms with Crippen LogP contribution in [-0.4, -0.2) is 23.2 Å². The highest BCUT2D eigenvalue weighted by Crippen LogP contribution is 2.12. The zero-order chi connectivity index (χ0) is 11.5. The molecule has 0 aliphatic rings. The zero-order valence-corrected chi connectivity index (χ0v) is 10.2. The minimum atomic E-state index is -0.592. The Hall–Kier alpha value is -0.670. The molecular formula is C10H13Cl2NO2. The van der Waals surface area contributed by atoms with Crippen molar-refractivity contribution in [1.82, 2.24) is 5.32 Å². The molecule has 5 heteroatoms. The molecule has 0 bridgehead atoms. The van der Waals surface area contributed by atoms with Crippen LogP contribution in [0.5, 0.6) is 0 Å². The van der Waals surface area contributed by atoms with E-state index in [1.807, 2.05) is 0 Å². The third kappa shape index (κ3) is 3.14. The Kier molecular flexibility index (Phi) is 4.05. The lowest BCUT2D eigenvalue weighted by Crippen LogP contribution is -2.49. The molecule has 1 aromatic rings. The molecule has 0 atom stereocenters. The molecule has 1 amide bonds. The predicted molar refractivity (Wildman–Crippen MR) is 60.8 cm³/mol. The molecule has 0 saturated carbocycles. The van der Waals surface area contributed by atoms with Gasteiger partial charge in [0.25, 0.3) is 5.91 Å². The van der Waals surface area contributed by atoms with Crippen molar-refractivity contribution in [2.75, 3.05) is 11.8 Å². The standard InChI is InChI=1S/C10H13Cl2NO2/c1-7-3-8(4-15-7)9(14)13-10(2,5-11)6-12/h3-4H,5-6H2,1-2H3,(H,13,14). The second kappa shape index (κ2) is 4.90. The Balaban J connectivity index is 2.71. The van der Waals surface area contributed by atoms with E-state index in [0.29, 0.717) is 11.3 Å². The number of nitrogens with one attached hydrogen (secondary N) is 1. The Bertz CT molecular complexity index is 345. The number of hydrogen-bond donors (Lipinski definition) is 1. The van der Waals surface area contributed by atoms with E-state index in [0.717, 1.165) is 0 Å². The Morgan fingerprint density at radius 1 is 1.53 bits per heavy atom. The molecule has 1 rings (SSSR count). The average Bonchev–Trinajstić information content (AvgIpc) is 2.65. The number of halogens is 2. The van der Waals surface area contributed by atoms with Crippen LogP contribution in [0.3, 0.4) is 0 Å². The van der Waals surface area contributed by atoms with Crippen molar-refractivity contribution in [3.8, 4) is 0 Å². The van der Waals surface area contributed by atoms with E-state index in [-0.39, 0.29) is 17.7 Å². The van der Waals surface area contributed by atoms with Crippen molar-refractivity contribution < 1.29 is 9.21 Å². The molecule has 1 aromatic heterocycles. The van der Waals surface area contributed by atoms with Crippen molar-refractivity contribution in [3.63, 3.8) is 0 Å². The van der Waals surface area contributed by atoms with Crippen molar-refractivity contribution in [3.05, 3.63) is 23.7 Å². The number of rotatable bonds is 4. The van der Waals surface area contributed by atoms with Gasteiger partial charge in [-0.25, -0.2) is 0 Å². The molecule has 0 fully saturated rings. The fourth-order valence-corrected chi connectivity index (χ4v) is 1.43. The lowest BCUT2D eigenvalue weighted by molar-refractivity contribution is 0.0921. The summed E-state index contributed by atoms with van der Waals surface area (Å²) in [6.07, 6.45) is 1.41. The molecule has 84 valence electrons. The van der Waals surface area contributed by atoms with Gasteiger partial charge in [-0.2, -0.15) is 0 Å². The molecule has 0 radical (unpaired) electrons. The monoisotopic (exact) mass is 249 g/mol. The molecular weight excluding hydrogens is 237 g/mol. The van der Waals surface area contributed by atoms with Gasteiger partial charge in [-0.3, -0.25) is 4.79 Å². The first-order valence-corrected chi connectivity index (χ1v) is 5.57. The van der Waals surface area contributed by atoms with Gasteiger partial charge in [0.15, 0.2) is 0 Å². The average molecular weight is 250 g/mol. The van der Waals surface area contributed by atoms with E-state index in [2.05, 4.69) is 5.32 Å². The summed E-state index contributed by atoms with van der Waals surface area (Å²) in [6.45, 7) is 3.57. The van der Waals surface area contributed by atoms with Gasteiger partial charge in [0.1, 0.15) is 12.0 Å². The van der Waals surface area contributed by atoms with E-state index >= 15 is 0 Å². The highest BCUT2D eigenvalue weighted by atomic mass is 35.5. The minimum Gasteiger partial charge on any atom is -0.469 e. The molecule has 1 N–H and O–H groups in total. The predicted octanol–water partition coefficient (Wildman–Crippen LogP) is 2.55. The highest BCUT2D eigenvalue weighted by Gasteiger charge is 2.25. The van der Waals surface area contributed by atoms with Gasteiger partial charge in [0.05, 0.1) is 11.1 Å². The minimum absolute atomic E-state index is 0.226. The van der Waals surface area contributed by atoms with Gasteiger partial charge >= 0.3 is 0 Å². The van der Waals surface area contributed by atoms with Crippen LogP contribution >= 0.6 is 23.2 Å². The number of furan rings is 1. The van der Waals surface area contributed by atoms with Crippen molar-refractivity contribution in [1.29, 1.82) is 0 Å². The van der Waals surface area contributed by atoms with E-state index in [9.17, 15) is 4.79 Å². The highest BCUT2D eigenvalue weighted by molar-refractivity contribution is 6.22. The summed E-state index contributed by atoms with van der Waals surface area (Å²) in [5.41, 5.74) is -0.111. The van der Waals surface area contributed by atoms with E-state index in [1.165, 1.54) is 6.26 Å². The first-order chi connectivity index (χ1) is 7.00. The smallest absolute Gasteiger partial charge is 0.255 e. The van der Waals surface area contributed by atoms with Crippen LogP contribution in [0.4, 0.5) is 0 Å². The summed E-state index contributed by atoms with van der Waals surface area (Å²) in [4.78, 5) is 11.7. The maximum absolute atomic E-state index is 11.7. The van der Waals surface area contributed by atoms with Crippen LogP contribution in [0.1, 0.15) is 23.0 Å². The number of aryl methyl sites for hydroxylation is 1. The normalized spacial score (nSPS) is 11.5. The molecule has 3 nitrogen and oxygen atoms in total. The van der Waals surface area contributed by atoms with Gasteiger partial charge in [-0.05, 0) is 19.9 Å². The fourth-order valence-electron chi connectivity index (χ4n) is 1.01. The van der Waals surface area contributed by atoms with E-state index in [1.54, 1.807) is 19.9 Å². The molecule has 0 unspecified atom stereocenters. The lowest BCUT2D eigenvalue weighted by Gasteiger charge is -2.25. The molecule has 15 heavy (non-hydrogen) atoms. The van der Waals surface area contributed by atoms with Crippen molar-refractivity contribution in [2.24, 2.45) is 0 Å². The van der Waals surface area contributed by atoms with Gasteiger partial charge in [0, 0.05) is 11.8 Å². The third-order valence-corrected chi connectivity index (χ3v) is 3.18. The molecule has 0 spiro atoms. The molecule has 0 aliphatic heterocycles. The first-order valence-electron chi connectivity index (χ1n) is 4.50. The fraction of sp³-hybridized carbons (Fsp3) is 0.500. The molecule has 0 aromatic carbocycles. The Labute approximate surface area is 98.7 Å². The van der Waals surface area contributed by atoms with Crippen LogP contribution in [-0.2, 0) is 0 Å². The van der Waals surface area contributed by atoms with Gasteiger partial charge < -0.3 is 9.73 Å². The Morgan fingerprint density at radius 3 is 2.53 bits per heavy atom. The Morgan fingerprint density at radius 2 is 2.13 bits per heavy atom. The summed E-state index contributed by atoms with van der Waals surface area (Å²) in [5, 5.41) is 2.76. The van der Waals surface area contributed by atoms with E-state index in [4.69, 9.17) is 27.6 Å². The van der Waals surface area contributed by atoms with Crippen molar-refractivity contribution >= 4 is 29.1 Å². The van der Waals surface area contributed by atoms with Crippen LogP contribution in [0.25, 0.3) is 0 Å². The number of carbonyl (C=O) groups excluding carboxylic acids is 1. The van der Waals surface area contributed by atoms with Gasteiger partial charge in [0.2, 0.25) is 0 Å². The second-order valence-electron chi connectivity index (χ2n) is 3.73. The zero-order valence-electron chi connectivity index (χ0n) is 8.64. The van der Waals surface area contributed by atoms with Crippen molar-refractivity contribution in [2.45, 2.75) is 19.4 Å². The van der Waals surface area contributed by atoms with E-state index < -0.39 is 5.54 Å². The SMILES string of the molecule is Cc1cc(C(=O)NC(C)(CCl)CCl)co1. The van der Waals surface area contributed by atoms with Crippen LogP contribution in [0.15, 0.2) is 16.7 Å². The van der Waals surface area contributed by atoms with Crippen LogP contribution in [0, 0.1) is 6.92 Å². The summed E-state index contributed by atoms with van der Waals surface area (Å²) >= 11 is 11.4. The quantitative estimate of drug-likeness (QED) is 0.834. The third-order valence-electron chi connectivity index (χ3n) is 2.00. The van der Waals surface area contributed by atoms with Gasteiger partial charge in [-0.15, -0.1) is 23.2 Å². The number of amides is 1. The first kappa shape index (κ1) is 12.4. The largest absolute Gasteiger partial charge is 0.469 e. The summed E-state index contributed by atoms with van der Waals surface area (Å²) in [7, 11) is 0. The van der Waals surface area contributed by atoms with Crippen LogP contribution < -0.4 is 5.32 Å². The number of hydrogen-bond acceptors (Lipinski definition) is 2. The number of carbonyl (C=O) groups is 1. The topological polar surface area (TPSA) is 42.2 Å². The summed E-state index contributed by atoms with van der Waals surface area (Å²) < 4.78 is 5.04. The number of alkyl halides is 2. The second-order valence-corrected chi connectivity index (χ2v) is 4.26. The molecule has 0 saturated heterocycles. The molecule has 0 aliphatic carbocycles. The maximum atomic E-state index is 11.7.